The maximum atomic E-state index is 11.0. The van der Waals surface area contributed by atoms with Gasteiger partial charge in [-0.25, -0.2) is 4.79 Å². The molecule has 2 aromatic carbocycles. The predicted molar refractivity (Wildman–Crippen MR) is 84.6 cm³/mol. The summed E-state index contributed by atoms with van der Waals surface area (Å²) in [7, 11) is 0. The van der Waals surface area contributed by atoms with Crippen molar-refractivity contribution in [1.82, 2.24) is 0 Å². The number of hydrogen-bond acceptors (Lipinski definition) is 3. The third-order valence-corrected chi connectivity index (χ3v) is 3.28. The minimum absolute atomic E-state index is 0.429. The number of carbonyl (C=O) groups is 1. The molecule has 2 aromatic rings. The van der Waals surface area contributed by atoms with Crippen molar-refractivity contribution in [3.05, 3.63) is 59.1 Å². The molecule has 0 aliphatic rings. The molecule has 0 saturated heterocycles. The fraction of sp³-hybridized carbons (Fsp3) is 0.235. The zero-order valence-corrected chi connectivity index (χ0v) is 13.1. The van der Waals surface area contributed by atoms with Gasteiger partial charge in [0.2, 0.25) is 0 Å². The summed E-state index contributed by atoms with van der Waals surface area (Å²) in [6.45, 7) is 3.43. The summed E-state index contributed by atoms with van der Waals surface area (Å²) in [6, 6.07) is 14.3. The Morgan fingerprint density at radius 2 is 1.59 bits per heavy atom. The fourth-order valence-electron chi connectivity index (χ4n) is 1.69. The van der Waals surface area contributed by atoms with Gasteiger partial charge in [-0.2, -0.15) is 0 Å². The topological polar surface area (TPSA) is 55.8 Å². The minimum Gasteiger partial charge on any atom is -0.489 e. The van der Waals surface area contributed by atoms with E-state index in [2.05, 4.69) is 0 Å². The van der Waals surface area contributed by atoms with Gasteiger partial charge in [-0.05, 0) is 55.8 Å². The highest BCUT2D eigenvalue weighted by atomic mass is 35.5. The first kappa shape index (κ1) is 16.2. The second kappa shape index (κ2) is 6.71. The third-order valence-electron chi connectivity index (χ3n) is 3.03. The van der Waals surface area contributed by atoms with E-state index in [1.165, 1.54) is 13.8 Å². The van der Waals surface area contributed by atoms with Gasteiger partial charge in [-0.15, -0.1) is 0 Å². The molecule has 22 heavy (non-hydrogen) atoms. The van der Waals surface area contributed by atoms with Crippen LogP contribution in [0.3, 0.4) is 0 Å². The summed E-state index contributed by atoms with van der Waals surface area (Å²) in [6.07, 6.45) is 0. The molecule has 0 atom stereocenters. The van der Waals surface area contributed by atoms with Gasteiger partial charge >= 0.3 is 5.97 Å². The number of hydrogen-bond donors (Lipinski definition) is 1. The van der Waals surface area contributed by atoms with Crippen LogP contribution in [0.15, 0.2) is 48.5 Å². The summed E-state index contributed by atoms with van der Waals surface area (Å²) in [5, 5.41) is 9.71. The molecule has 116 valence electrons. The van der Waals surface area contributed by atoms with Crippen molar-refractivity contribution in [2.75, 3.05) is 0 Å². The SMILES string of the molecule is CC(C)(Oc1ccc(OCc2ccc(Cl)cc2)cc1)C(=O)O. The maximum Gasteiger partial charge on any atom is 0.347 e. The molecule has 5 heteroatoms. The average molecular weight is 321 g/mol. The smallest absolute Gasteiger partial charge is 0.347 e. The van der Waals surface area contributed by atoms with E-state index in [4.69, 9.17) is 26.2 Å². The van der Waals surface area contributed by atoms with E-state index in [-0.39, 0.29) is 0 Å². The van der Waals surface area contributed by atoms with Crippen LogP contribution in [-0.4, -0.2) is 16.7 Å². The summed E-state index contributed by atoms with van der Waals surface area (Å²) >= 11 is 5.82. The normalized spacial score (nSPS) is 11.0. The van der Waals surface area contributed by atoms with Crippen LogP contribution in [0, 0.1) is 0 Å². The van der Waals surface area contributed by atoms with Crippen LogP contribution in [-0.2, 0) is 11.4 Å². The Balaban J connectivity index is 1.94. The van der Waals surface area contributed by atoms with Crippen LogP contribution >= 0.6 is 11.6 Å². The highest BCUT2D eigenvalue weighted by molar-refractivity contribution is 6.30. The van der Waals surface area contributed by atoms with Gasteiger partial charge in [0.05, 0.1) is 0 Å². The van der Waals surface area contributed by atoms with Gasteiger partial charge in [0.25, 0.3) is 0 Å². The van der Waals surface area contributed by atoms with Gasteiger partial charge in [0.15, 0.2) is 5.60 Å². The molecular formula is C17H17ClO4. The van der Waals surface area contributed by atoms with Crippen molar-refractivity contribution in [1.29, 1.82) is 0 Å². The van der Waals surface area contributed by atoms with Crippen molar-refractivity contribution in [3.8, 4) is 11.5 Å². The first-order valence-electron chi connectivity index (χ1n) is 6.76. The van der Waals surface area contributed by atoms with Crippen LogP contribution in [0.25, 0.3) is 0 Å². The molecule has 1 N–H and O–H groups in total. The molecule has 0 bridgehead atoms. The van der Waals surface area contributed by atoms with Gasteiger partial charge in [-0.1, -0.05) is 23.7 Å². The molecule has 0 heterocycles. The molecule has 0 aliphatic heterocycles. The predicted octanol–water partition coefficient (Wildman–Crippen LogP) is 4.16. The number of carboxylic acids is 1. The molecule has 0 amide bonds. The first-order chi connectivity index (χ1) is 10.4. The molecule has 0 aliphatic carbocycles. The van der Waals surface area contributed by atoms with E-state index in [1.807, 2.05) is 24.3 Å². The van der Waals surface area contributed by atoms with Crippen molar-refractivity contribution < 1.29 is 19.4 Å². The Morgan fingerprint density at radius 1 is 1.05 bits per heavy atom. The van der Waals surface area contributed by atoms with E-state index in [1.54, 1.807) is 24.3 Å². The lowest BCUT2D eigenvalue weighted by molar-refractivity contribution is -0.152. The molecule has 0 saturated carbocycles. The number of halogens is 1. The molecule has 0 aromatic heterocycles. The Morgan fingerprint density at radius 3 is 2.14 bits per heavy atom. The van der Waals surface area contributed by atoms with E-state index in [0.29, 0.717) is 23.1 Å². The van der Waals surface area contributed by atoms with Crippen LogP contribution in [0.4, 0.5) is 0 Å². The largest absolute Gasteiger partial charge is 0.489 e. The third kappa shape index (κ3) is 4.40. The Labute approximate surface area is 134 Å². The summed E-state index contributed by atoms with van der Waals surface area (Å²) in [5.41, 5.74) is -0.261. The monoisotopic (exact) mass is 320 g/mol. The van der Waals surface area contributed by atoms with Crippen LogP contribution < -0.4 is 9.47 Å². The number of aliphatic carboxylic acids is 1. The first-order valence-corrected chi connectivity index (χ1v) is 7.14. The molecule has 4 nitrogen and oxygen atoms in total. The average Bonchev–Trinajstić information content (AvgIpc) is 2.48. The second-order valence-corrected chi connectivity index (χ2v) is 5.74. The minimum atomic E-state index is -1.27. The zero-order chi connectivity index (χ0) is 16.2. The van der Waals surface area contributed by atoms with E-state index in [9.17, 15) is 4.79 Å². The Kier molecular flexibility index (Phi) is 4.93. The maximum absolute atomic E-state index is 11.0. The number of ether oxygens (including phenoxy) is 2. The van der Waals surface area contributed by atoms with Gasteiger partial charge in [-0.3, -0.25) is 0 Å². The van der Waals surface area contributed by atoms with Gasteiger partial charge in [0, 0.05) is 5.02 Å². The summed E-state index contributed by atoms with van der Waals surface area (Å²) in [4.78, 5) is 11.0. The summed E-state index contributed by atoms with van der Waals surface area (Å²) < 4.78 is 11.1. The molecular weight excluding hydrogens is 304 g/mol. The molecule has 2 rings (SSSR count). The van der Waals surface area contributed by atoms with Crippen molar-refractivity contribution in [2.24, 2.45) is 0 Å². The Hall–Kier alpha value is -2.20. The second-order valence-electron chi connectivity index (χ2n) is 5.30. The van der Waals surface area contributed by atoms with Crippen molar-refractivity contribution in [2.45, 2.75) is 26.1 Å². The van der Waals surface area contributed by atoms with Crippen molar-refractivity contribution >= 4 is 17.6 Å². The number of benzene rings is 2. The fourth-order valence-corrected chi connectivity index (χ4v) is 1.82. The quantitative estimate of drug-likeness (QED) is 0.868. The van der Waals surface area contributed by atoms with E-state index < -0.39 is 11.6 Å². The highest BCUT2D eigenvalue weighted by Gasteiger charge is 2.29. The van der Waals surface area contributed by atoms with Crippen LogP contribution in [0.1, 0.15) is 19.4 Å². The molecule has 0 fully saturated rings. The highest BCUT2D eigenvalue weighted by Crippen LogP contribution is 2.23. The zero-order valence-electron chi connectivity index (χ0n) is 12.4. The lowest BCUT2D eigenvalue weighted by atomic mass is 10.1. The molecule has 0 unspecified atom stereocenters. The molecule has 0 spiro atoms. The van der Waals surface area contributed by atoms with Crippen LogP contribution in [0.5, 0.6) is 11.5 Å². The van der Waals surface area contributed by atoms with Gasteiger partial charge < -0.3 is 14.6 Å². The summed E-state index contributed by atoms with van der Waals surface area (Å²) in [5.74, 6) is 0.136. The lowest BCUT2D eigenvalue weighted by Crippen LogP contribution is -2.37. The number of carboxylic acid groups (broad SMARTS) is 1. The van der Waals surface area contributed by atoms with Gasteiger partial charge in [0.1, 0.15) is 18.1 Å². The van der Waals surface area contributed by atoms with E-state index >= 15 is 0 Å². The van der Waals surface area contributed by atoms with E-state index in [0.717, 1.165) is 5.56 Å². The Bertz CT molecular complexity index is 633. The molecule has 0 radical (unpaired) electrons. The van der Waals surface area contributed by atoms with Crippen molar-refractivity contribution in [3.63, 3.8) is 0 Å². The standard InChI is InChI=1S/C17H17ClO4/c1-17(2,16(19)20)22-15-9-7-14(8-10-15)21-11-12-3-5-13(18)6-4-12/h3-10H,11H2,1-2H3,(H,19,20). The van der Waals surface area contributed by atoms with Crippen LogP contribution in [0.2, 0.25) is 5.02 Å². The number of rotatable bonds is 6. The lowest BCUT2D eigenvalue weighted by Gasteiger charge is -2.21.